The van der Waals surface area contributed by atoms with E-state index in [1.54, 1.807) is 0 Å². The number of hydrogen-bond acceptors (Lipinski definition) is 1. The Bertz CT molecular complexity index is 191. The van der Waals surface area contributed by atoms with E-state index in [1.807, 2.05) is 30.3 Å². The highest BCUT2D eigenvalue weighted by molar-refractivity contribution is 14.0. The van der Waals surface area contributed by atoms with Crippen LogP contribution < -0.4 is 5.73 Å². The Hall–Kier alpha value is -0.160. The van der Waals surface area contributed by atoms with Gasteiger partial charge in [-0.15, -0.1) is 24.0 Å². The number of nitrogens with two attached hydrogens (primary N) is 1. The predicted molar refractivity (Wildman–Crippen MR) is 54.8 cm³/mol. The van der Waals surface area contributed by atoms with Crippen LogP contribution in [0.15, 0.2) is 30.3 Å². The van der Waals surface area contributed by atoms with Gasteiger partial charge >= 0.3 is 0 Å². The SMILES string of the molecule is I.NC(CF)c1ccccc1. The van der Waals surface area contributed by atoms with Crippen molar-refractivity contribution < 1.29 is 4.39 Å². The van der Waals surface area contributed by atoms with Crippen LogP contribution in [-0.4, -0.2) is 6.67 Å². The van der Waals surface area contributed by atoms with Crippen LogP contribution in [0.2, 0.25) is 0 Å². The summed E-state index contributed by atoms with van der Waals surface area (Å²) in [4.78, 5) is 0. The summed E-state index contributed by atoms with van der Waals surface area (Å²) in [6, 6.07) is 8.78. The molecule has 0 radical (unpaired) electrons. The van der Waals surface area contributed by atoms with Crippen LogP contribution in [0.1, 0.15) is 11.6 Å². The minimum atomic E-state index is -0.496. The molecular weight excluding hydrogens is 256 g/mol. The molecule has 11 heavy (non-hydrogen) atoms. The molecule has 0 fully saturated rings. The lowest BCUT2D eigenvalue weighted by Crippen LogP contribution is -2.11. The van der Waals surface area contributed by atoms with E-state index in [1.165, 1.54) is 0 Å². The Labute approximate surface area is 82.8 Å². The fraction of sp³-hybridized carbons (Fsp3) is 0.250. The van der Waals surface area contributed by atoms with Crippen molar-refractivity contribution in [3.63, 3.8) is 0 Å². The van der Waals surface area contributed by atoms with Crippen molar-refractivity contribution in [1.82, 2.24) is 0 Å². The molecule has 0 amide bonds. The van der Waals surface area contributed by atoms with Gasteiger partial charge in [-0.05, 0) is 5.56 Å². The number of benzene rings is 1. The Morgan fingerprint density at radius 3 is 2.27 bits per heavy atom. The average Bonchev–Trinajstić information content (AvgIpc) is 2.05. The highest BCUT2D eigenvalue weighted by Crippen LogP contribution is 2.08. The van der Waals surface area contributed by atoms with Crippen LogP contribution in [0.5, 0.6) is 0 Å². The van der Waals surface area contributed by atoms with Crippen molar-refractivity contribution in [2.75, 3.05) is 6.67 Å². The largest absolute Gasteiger partial charge is 0.322 e. The molecule has 2 N–H and O–H groups in total. The van der Waals surface area contributed by atoms with Crippen molar-refractivity contribution in [2.24, 2.45) is 5.73 Å². The normalized spacial score (nSPS) is 11.8. The van der Waals surface area contributed by atoms with E-state index in [0.29, 0.717) is 0 Å². The zero-order chi connectivity index (χ0) is 7.40. The monoisotopic (exact) mass is 267 g/mol. The molecule has 1 atom stereocenters. The summed E-state index contributed by atoms with van der Waals surface area (Å²) in [7, 11) is 0. The molecule has 0 heterocycles. The molecule has 1 nitrogen and oxygen atoms in total. The minimum Gasteiger partial charge on any atom is -0.322 e. The van der Waals surface area contributed by atoms with Crippen LogP contribution >= 0.6 is 24.0 Å². The second kappa shape index (κ2) is 5.49. The lowest BCUT2D eigenvalue weighted by Gasteiger charge is -2.04. The number of rotatable bonds is 2. The smallest absolute Gasteiger partial charge is 0.109 e. The maximum absolute atomic E-state index is 11.9. The van der Waals surface area contributed by atoms with Gasteiger partial charge in [0.2, 0.25) is 0 Å². The van der Waals surface area contributed by atoms with E-state index < -0.39 is 12.7 Å². The van der Waals surface area contributed by atoms with E-state index in [0.717, 1.165) is 5.56 Å². The molecule has 0 bridgehead atoms. The predicted octanol–water partition coefficient (Wildman–Crippen LogP) is 2.27. The quantitative estimate of drug-likeness (QED) is 0.817. The molecule has 1 rings (SSSR count). The first-order chi connectivity index (χ1) is 4.84. The van der Waals surface area contributed by atoms with Gasteiger partial charge < -0.3 is 5.73 Å². The first kappa shape index (κ1) is 10.8. The lowest BCUT2D eigenvalue weighted by molar-refractivity contribution is 0.437. The second-order valence-corrected chi connectivity index (χ2v) is 2.17. The number of alkyl halides is 1. The van der Waals surface area contributed by atoms with E-state index >= 15 is 0 Å². The van der Waals surface area contributed by atoms with Crippen LogP contribution in [0.4, 0.5) is 4.39 Å². The van der Waals surface area contributed by atoms with Gasteiger partial charge in [0.1, 0.15) is 6.67 Å². The van der Waals surface area contributed by atoms with Gasteiger partial charge in [-0.2, -0.15) is 0 Å². The van der Waals surface area contributed by atoms with Crippen molar-refractivity contribution in [1.29, 1.82) is 0 Å². The van der Waals surface area contributed by atoms with Crippen LogP contribution in [0, 0.1) is 0 Å². The van der Waals surface area contributed by atoms with E-state index in [4.69, 9.17) is 5.73 Å². The van der Waals surface area contributed by atoms with Gasteiger partial charge in [0.25, 0.3) is 0 Å². The van der Waals surface area contributed by atoms with Crippen LogP contribution in [0.25, 0.3) is 0 Å². The van der Waals surface area contributed by atoms with Gasteiger partial charge in [-0.3, -0.25) is 0 Å². The molecule has 0 aromatic heterocycles. The molecule has 0 aliphatic rings. The number of hydrogen-bond donors (Lipinski definition) is 1. The highest BCUT2D eigenvalue weighted by atomic mass is 127. The molecule has 0 saturated carbocycles. The van der Waals surface area contributed by atoms with Crippen molar-refractivity contribution in [3.8, 4) is 0 Å². The molecule has 0 spiro atoms. The summed E-state index contributed by atoms with van der Waals surface area (Å²) in [5.41, 5.74) is 6.27. The third-order valence-electron chi connectivity index (χ3n) is 1.39. The molecule has 0 aliphatic carbocycles. The second-order valence-electron chi connectivity index (χ2n) is 2.17. The van der Waals surface area contributed by atoms with Crippen molar-refractivity contribution in [2.45, 2.75) is 6.04 Å². The summed E-state index contributed by atoms with van der Waals surface area (Å²) >= 11 is 0. The van der Waals surface area contributed by atoms with Gasteiger partial charge in [0, 0.05) is 0 Å². The molecular formula is C8H11FIN. The molecule has 1 unspecified atom stereocenters. The molecule has 3 heteroatoms. The topological polar surface area (TPSA) is 26.0 Å². The Balaban J connectivity index is 0.000001000. The van der Waals surface area contributed by atoms with Gasteiger partial charge in [0.15, 0.2) is 0 Å². The van der Waals surface area contributed by atoms with Crippen LogP contribution in [0.3, 0.4) is 0 Å². The zero-order valence-electron chi connectivity index (χ0n) is 6.03. The number of halogens is 2. The average molecular weight is 267 g/mol. The van der Waals surface area contributed by atoms with Gasteiger partial charge in [0.05, 0.1) is 6.04 Å². The third kappa shape index (κ3) is 3.16. The molecule has 0 aliphatic heterocycles. The third-order valence-corrected chi connectivity index (χ3v) is 1.39. The Kier molecular flexibility index (Phi) is 5.41. The van der Waals surface area contributed by atoms with E-state index in [-0.39, 0.29) is 24.0 Å². The maximum atomic E-state index is 11.9. The highest BCUT2D eigenvalue weighted by Gasteiger charge is 2.01. The Morgan fingerprint density at radius 2 is 1.82 bits per heavy atom. The Morgan fingerprint density at radius 1 is 1.27 bits per heavy atom. The van der Waals surface area contributed by atoms with E-state index in [2.05, 4.69) is 0 Å². The van der Waals surface area contributed by atoms with Crippen molar-refractivity contribution >= 4 is 24.0 Å². The fourth-order valence-electron chi connectivity index (χ4n) is 0.789. The fourth-order valence-corrected chi connectivity index (χ4v) is 0.789. The summed E-state index contributed by atoms with van der Waals surface area (Å²) in [5, 5.41) is 0. The van der Waals surface area contributed by atoms with E-state index in [9.17, 15) is 4.39 Å². The molecule has 0 saturated heterocycles. The molecule has 1 aromatic rings. The molecule has 1 aromatic carbocycles. The summed E-state index contributed by atoms with van der Waals surface area (Å²) in [6.07, 6.45) is 0. The minimum absolute atomic E-state index is 0. The van der Waals surface area contributed by atoms with Crippen molar-refractivity contribution in [3.05, 3.63) is 35.9 Å². The first-order valence-corrected chi connectivity index (χ1v) is 3.21. The first-order valence-electron chi connectivity index (χ1n) is 3.21. The zero-order valence-corrected chi connectivity index (χ0v) is 8.37. The summed E-state index contributed by atoms with van der Waals surface area (Å²) < 4.78 is 11.9. The van der Waals surface area contributed by atoms with Crippen LogP contribution in [-0.2, 0) is 0 Å². The standard InChI is InChI=1S/C8H10FN.HI/c9-6-8(10)7-4-2-1-3-5-7;/h1-5,8H,6,10H2;1H. The molecule has 62 valence electrons. The van der Waals surface area contributed by atoms with Gasteiger partial charge in [-0.1, -0.05) is 30.3 Å². The summed E-state index contributed by atoms with van der Waals surface area (Å²) in [5.74, 6) is 0. The summed E-state index contributed by atoms with van der Waals surface area (Å²) in [6.45, 7) is -0.496. The maximum Gasteiger partial charge on any atom is 0.109 e. The van der Waals surface area contributed by atoms with Gasteiger partial charge in [-0.25, -0.2) is 4.39 Å². The lowest BCUT2D eigenvalue weighted by atomic mass is 10.1.